The summed E-state index contributed by atoms with van der Waals surface area (Å²) in [6.07, 6.45) is 64.1. The van der Waals surface area contributed by atoms with Gasteiger partial charge in [0.1, 0.15) is 13.2 Å². The van der Waals surface area contributed by atoms with Crippen molar-refractivity contribution in [3.8, 4) is 0 Å². The summed E-state index contributed by atoms with van der Waals surface area (Å²) < 4.78 is 16.8. The number of ether oxygens (including phenoxy) is 3. The van der Waals surface area contributed by atoms with E-state index in [4.69, 9.17) is 14.2 Å². The Balaban J connectivity index is 4.30. The van der Waals surface area contributed by atoms with Gasteiger partial charge in [-0.05, 0) is 70.6 Å². The van der Waals surface area contributed by atoms with Crippen molar-refractivity contribution in [3.05, 3.63) is 48.6 Å². The van der Waals surface area contributed by atoms with Crippen molar-refractivity contribution in [2.45, 2.75) is 290 Å². The van der Waals surface area contributed by atoms with Gasteiger partial charge in [-0.15, -0.1) is 0 Å². The number of hydrogen-bond donors (Lipinski definition) is 0. The fourth-order valence-electron chi connectivity index (χ4n) is 7.94. The van der Waals surface area contributed by atoms with Gasteiger partial charge in [-0.1, -0.05) is 243 Å². The maximum absolute atomic E-state index is 12.8. The fourth-order valence-corrected chi connectivity index (χ4v) is 7.94. The molecule has 0 aliphatic carbocycles. The smallest absolute Gasteiger partial charge is 0.306 e. The third kappa shape index (κ3) is 50.4. The molecule has 0 fully saturated rings. The lowest BCUT2D eigenvalue weighted by molar-refractivity contribution is -0.167. The number of carbonyl (C=O) groups is 3. The van der Waals surface area contributed by atoms with Crippen LogP contribution in [0, 0.1) is 0 Å². The topological polar surface area (TPSA) is 78.9 Å². The van der Waals surface area contributed by atoms with Gasteiger partial charge in [0.15, 0.2) is 6.10 Å². The molecule has 0 aromatic heterocycles. The molecule has 0 aliphatic rings. The lowest BCUT2D eigenvalue weighted by atomic mass is 10.0. The number of hydrogen-bond acceptors (Lipinski definition) is 6. The molecular formula is C58H104O6. The van der Waals surface area contributed by atoms with Crippen LogP contribution >= 0.6 is 0 Å². The van der Waals surface area contributed by atoms with Crippen molar-refractivity contribution in [3.63, 3.8) is 0 Å². The van der Waals surface area contributed by atoms with Crippen LogP contribution in [-0.2, 0) is 28.6 Å². The third-order valence-electron chi connectivity index (χ3n) is 12.1. The lowest BCUT2D eigenvalue weighted by Gasteiger charge is -2.18. The van der Waals surface area contributed by atoms with Gasteiger partial charge in [-0.2, -0.15) is 0 Å². The first kappa shape index (κ1) is 61.4. The number of unbranched alkanes of at least 4 members (excludes halogenated alkanes) is 32. The van der Waals surface area contributed by atoms with E-state index in [1.807, 2.05) is 0 Å². The lowest BCUT2D eigenvalue weighted by Crippen LogP contribution is -2.30. The van der Waals surface area contributed by atoms with E-state index in [0.717, 1.165) is 89.9 Å². The van der Waals surface area contributed by atoms with E-state index < -0.39 is 6.10 Å². The first-order valence-electron chi connectivity index (χ1n) is 27.7. The van der Waals surface area contributed by atoms with Gasteiger partial charge >= 0.3 is 17.9 Å². The van der Waals surface area contributed by atoms with Crippen LogP contribution in [0.3, 0.4) is 0 Å². The van der Waals surface area contributed by atoms with Crippen LogP contribution in [0.2, 0.25) is 0 Å². The second-order valence-corrected chi connectivity index (χ2v) is 18.5. The summed E-state index contributed by atoms with van der Waals surface area (Å²) in [7, 11) is 0. The van der Waals surface area contributed by atoms with E-state index in [1.165, 1.54) is 154 Å². The van der Waals surface area contributed by atoms with Crippen LogP contribution in [0.25, 0.3) is 0 Å². The predicted molar refractivity (Wildman–Crippen MR) is 275 cm³/mol. The SMILES string of the molecule is CC/C=C\C/C=C\CCCCC(=O)OCC(COC(=O)CCCCCCCCCCCCCCCCCCCCC)OC(=O)CCCCCCC/C=C\C=C/CCCCCCCCC. The van der Waals surface area contributed by atoms with Gasteiger partial charge in [0.2, 0.25) is 0 Å². The molecule has 64 heavy (non-hydrogen) atoms. The van der Waals surface area contributed by atoms with Crippen molar-refractivity contribution in [1.29, 1.82) is 0 Å². The molecular weight excluding hydrogens is 793 g/mol. The van der Waals surface area contributed by atoms with Gasteiger partial charge in [-0.3, -0.25) is 14.4 Å². The molecule has 6 nitrogen and oxygen atoms in total. The van der Waals surface area contributed by atoms with Crippen molar-refractivity contribution in [2.75, 3.05) is 13.2 Å². The van der Waals surface area contributed by atoms with E-state index in [1.54, 1.807) is 0 Å². The molecule has 6 heteroatoms. The molecule has 0 N–H and O–H groups in total. The molecule has 0 saturated carbocycles. The quantitative estimate of drug-likeness (QED) is 0.0199. The van der Waals surface area contributed by atoms with Gasteiger partial charge < -0.3 is 14.2 Å². The average molecular weight is 897 g/mol. The van der Waals surface area contributed by atoms with Crippen LogP contribution in [0.15, 0.2) is 48.6 Å². The van der Waals surface area contributed by atoms with Crippen molar-refractivity contribution in [1.82, 2.24) is 0 Å². The summed E-state index contributed by atoms with van der Waals surface area (Å²) in [5.41, 5.74) is 0. The summed E-state index contributed by atoms with van der Waals surface area (Å²) in [6.45, 7) is 6.50. The van der Waals surface area contributed by atoms with Crippen LogP contribution < -0.4 is 0 Å². The second kappa shape index (κ2) is 53.0. The number of esters is 3. The highest BCUT2D eigenvalue weighted by Gasteiger charge is 2.19. The van der Waals surface area contributed by atoms with Gasteiger partial charge in [0.25, 0.3) is 0 Å². The second-order valence-electron chi connectivity index (χ2n) is 18.5. The minimum absolute atomic E-state index is 0.0872. The zero-order valence-corrected chi connectivity index (χ0v) is 42.6. The first-order valence-corrected chi connectivity index (χ1v) is 27.7. The fraction of sp³-hybridized carbons (Fsp3) is 0.810. The largest absolute Gasteiger partial charge is 0.462 e. The third-order valence-corrected chi connectivity index (χ3v) is 12.1. The molecule has 0 spiro atoms. The minimum Gasteiger partial charge on any atom is -0.462 e. The molecule has 1 unspecified atom stereocenters. The van der Waals surface area contributed by atoms with Crippen molar-refractivity contribution >= 4 is 17.9 Å². The number of carbonyl (C=O) groups excluding carboxylic acids is 3. The number of allylic oxidation sites excluding steroid dienone is 8. The summed E-state index contributed by atoms with van der Waals surface area (Å²) in [6, 6.07) is 0. The highest BCUT2D eigenvalue weighted by Crippen LogP contribution is 2.16. The summed E-state index contributed by atoms with van der Waals surface area (Å²) >= 11 is 0. The molecule has 0 amide bonds. The molecule has 0 heterocycles. The van der Waals surface area contributed by atoms with E-state index in [9.17, 15) is 14.4 Å². The Morgan fingerprint density at radius 3 is 1.06 bits per heavy atom. The van der Waals surface area contributed by atoms with Gasteiger partial charge in [0, 0.05) is 19.3 Å². The first-order chi connectivity index (χ1) is 31.5. The Morgan fingerprint density at radius 2 is 0.656 bits per heavy atom. The van der Waals surface area contributed by atoms with E-state index in [-0.39, 0.29) is 31.1 Å². The highest BCUT2D eigenvalue weighted by atomic mass is 16.6. The molecule has 0 radical (unpaired) electrons. The van der Waals surface area contributed by atoms with Crippen LogP contribution in [0.4, 0.5) is 0 Å². The predicted octanol–water partition coefficient (Wildman–Crippen LogP) is 18.3. The van der Waals surface area contributed by atoms with E-state index in [2.05, 4.69) is 69.4 Å². The maximum Gasteiger partial charge on any atom is 0.306 e. The normalized spacial score (nSPS) is 12.4. The summed E-state index contributed by atoms with van der Waals surface area (Å²) in [5.74, 6) is -0.930. The molecule has 372 valence electrons. The van der Waals surface area contributed by atoms with Crippen LogP contribution in [0.1, 0.15) is 284 Å². The minimum atomic E-state index is -0.791. The van der Waals surface area contributed by atoms with E-state index >= 15 is 0 Å². The van der Waals surface area contributed by atoms with Gasteiger partial charge in [-0.25, -0.2) is 0 Å². The molecule has 0 bridgehead atoms. The maximum atomic E-state index is 12.8. The van der Waals surface area contributed by atoms with Gasteiger partial charge in [0.05, 0.1) is 0 Å². The summed E-state index contributed by atoms with van der Waals surface area (Å²) in [5, 5.41) is 0. The zero-order valence-electron chi connectivity index (χ0n) is 42.6. The molecule has 1 atom stereocenters. The van der Waals surface area contributed by atoms with E-state index in [0.29, 0.717) is 19.3 Å². The van der Waals surface area contributed by atoms with Crippen LogP contribution in [0.5, 0.6) is 0 Å². The van der Waals surface area contributed by atoms with Crippen molar-refractivity contribution in [2.24, 2.45) is 0 Å². The Bertz CT molecular complexity index is 1120. The standard InChI is InChI=1S/C58H104O6/c1-4-7-10-13-16-19-21-23-25-27-29-31-32-34-36-39-42-45-48-51-57(60)63-54-55(53-62-56(59)50-47-44-41-38-18-15-12-9-6-3)64-58(61)52-49-46-43-40-37-35-33-30-28-26-24-22-20-17-14-11-8-5-2/h9,12,18,26,28,30,33,38,55H,4-8,10-11,13-17,19-25,27,29,31-32,34-37,39-54H2,1-3H3/b12-9-,28-26-,33-30-,38-18-. The average Bonchev–Trinajstić information content (AvgIpc) is 3.29. The highest BCUT2D eigenvalue weighted by molar-refractivity contribution is 5.71. The Kier molecular flexibility index (Phi) is 50.8. The molecule has 0 aromatic carbocycles. The Labute approximate surface area is 397 Å². The zero-order chi connectivity index (χ0) is 46.5. The monoisotopic (exact) mass is 897 g/mol. The molecule has 0 aromatic rings. The summed E-state index contributed by atoms with van der Waals surface area (Å²) in [4.78, 5) is 37.9. The van der Waals surface area contributed by atoms with Crippen LogP contribution in [-0.4, -0.2) is 37.2 Å². The Morgan fingerprint density at radius 1 is 0.344 bits per heavy atom. The molecule has 0 rings (SSSR count). The number of rotatable bonds is 50. The molecule has 0 aliphatic heterocycles. The van der Waals surface area contributed by atoms with Crippen molar-refractivity contribution < 1.29 is 28.6 Å². The Hall–Kier alpha value is -2.63. The molecule has 0 saturated heterocycles.